The molecule has 0 spiro atoms. The smallest absolute Gasteiger partial charge is 0.338 e. The lowest BCUT2D eigenvalue weighted by atomic mass is 9.97. The minimum atomic E-state index is -0.563. The lowest BCUT2D eigenvalue weighted by molar-refractivity contribution is -0.139. The normalized spacial score (nSPS) is 15.7. The highest BCUT2D eigenvalue weighted by molar-refractivity contribution is 8.14. The first kappa shape index (κ1) is 23.2. The van der Waals surface area contributed by atoms with E-state index in [1.54, 1.807) is 50.2 Å². The molecule has 1 atom stereocenters. The van der Waals surface area contributed by atoms with Crippen LogP contribution >= 0.6 is 35.0 Å². The van der Waals surface area contributed by atoms with Gasteiger partial charge in [0.15, 0.2) is 5.17 Å². The van der Waals surface area contributed by atoms with Gasteiger partial charge in [0.2, 0.25) is 5.91 Å². The summed E-state index contributed by atoms with van der Waals surface area (Å²) in [5.74, 6) is -0.535. The second kappa shape index (κ2) is 10.7. The summed E-state index contributed by atoms with van der Waals surface area (Å²) in [5, 5.41) is 7.47. The fourth-order valence-electron chi connectivity index (χ4n) is 2.96. The van der Waals surface area contributed by atoms with Crippen molar-refractivity contribution in [2.24, 2.45) is 4.99 Å². The van der Waals surface area contributed by atoms with Gasteiger partial charge in [0, 0.05) is 10.7 Å². The highest BCUT2D eigenvalue weighted by Gasteiger charge is 2.30. The zero-order valence-corrected chi connectivity index (χ0v) is 19.3. The van der Waals surface area contributed by atoms with Crippen molar-refractivity contribution in [3.63, 3.8) is 0 Å². The molecular weight excluding hydrogens is 457 g/mol. The maximum Gasteiger partial charge on any atom is 0.338 e. The molecule has 9 heteroatoms. The summed E-state index contributed by atoms with van der Waals surface area (Å²) in [7, 11) is 0. The van der Waals surface area contributed by atoms with Crippen molar-refractivity contribution in [3.8, 4) is 0 Å². The average molecular weight is 478 g/mol. The minimum Gasteiger partial charge on any atom is -0.463 e. The minimum absolute atomic E-state index is 0.117. The number of carbonyl (C=O) groups excluding carboxylic acids is 2. The van der Waals surface area contributed by atoms with Crippen molar-refractivity contribution in [1.29, 1.82) is 0 Å². The lowest BCUT2D eigenvalue weighted by Crippen LogP contribution is -2.31. The molecule has 0 aliphatic carbocycles. The first-order valence-electron chi connectivity index (χ1n) is 9.54. The van der Waals surface area contributed by atoms with Crippen LogP contribution in [0.3, 0.4) is 0 Å². The summed E-state index contributed by atoms with van der Waals surface area (Å²) < 4.78 is 5.22. The number of aliphatic imine (C=N–C) groups is 1. The zero-order chi connectivity index (χ0) is 22.4. The molecule has 162 valence electrons. The summed E-state index contributed by atoms with van der Waals surface area (Å²) in [6, 6.07) is 13.6. The summed E-state index contributed by atoms with van der Waals surface area (Å²) >= 11 is 13.3. The predicted molar refractivity (Wildman–Crippen MR) is 127 cm³/mol. The maximum atomic E-state index is 12.6. The van der Waals surface area contributed by atoms with E-state index in [9.17, 15) is 9.59 Å². The topological polar surface area (TPSA) is 79.8 Å². The Kier molecular flexibility index (Phi) is 8.01. The molecule has 1 amide bonds. The summed E-state index contributed by atoms with van der Waals surface area (Å²) in [6.45, 7) is 3.80. The number of hydrogen-bond donors (Lipinski definition) is 2. The van der Waals surface area contributed by atoms with E-state index in [0.717, 1.165) is 5.56 Å². The van der Waals surface area contributed by atoms with E-state index in [1.807, 2.05) is 12.1 Å². The number of hydrogen-bond acceptors (Lipinski definition) is 6. The van der Waals surface area contributed by atoms with E-state index in [2.05, 4.69) is 15.6 Å². The largest absolute Gasteiger partial charge is 0.463 e. The molecule has 0 saturated heterocycles. The van der Waals surface area contributed by atoms with Crippen LogP contribution in [0, 0.1) is 0 Å². The molecule has 0 radical (unpaired) electrons. The highest BCUT2D eigenvalue weighted by Crippen LogP contribution is 2.33. The van der Waals surface area contributed by atoms with Crippen molar-refractivity contribution in [3.05, 3.63) is 75.4 Å². The standard InChI is InChI=1S/C22H21Cl2N3O3S/c1-3-30-21(29)19-13(2)25-22(27-20(19)14-8-10-15(23)11-9-14)31-12-18(28)26-17-7-5-4-6-16(17)24/h4-11,20H,3,12H2,1-2H3,(H,25,27)(H,26,28)/t20-/m0/s1. The quantitative estimate of drug-likeness (QED) is 0.558. The molecule has 2 aromatic rings. The van der Waals surface area contributed by atoms with Crippen molar-refractivity contribution in [2.75, 3.05) is 17.7 Å². The molecule has 0 aromatic heterocycles. The Hall–Kier alpha value is -2.48. The lowest BCUT2D eigenvalue weighted by Gasteiger charge is -2.25. The molecule has 2 N–H and O–H groups in total. The Morgan fingerprint density at radius 3 is 2.55 bits per heavy atom. The molecule has 0 fully saturated rings. The van der Waals surface area contributed by atoms with E-state index in [1.165, 1.54) is 11.8 Å². The molecule has 3 rings (SSSR count). The number of thioether (sulfide) groups is 1. The molecule has 0 unspecified atom stereocenters. The van der Waals surface area contributed by atoms with Gasteiger partial charge in [-0.05, 0) is 43.7 Å². The van der Waals surface area contributed by atoms with Crippen LogP contribution < -0.4 is 10.6 Å². The van der Waals surface area contributed by atoms with Gasteiger partial charge in [0.05, 0.1) is 28.6 Å². The van der Waals surface area contributed by atoms with E-state index in [-0.39, 0.29) is 18.3 Å². The fourth-order valence-corrected chi connectivity index (χ4v) is 4.02. The molecule has 0 bridgehead atoms. The Labute approximate surface area is 195 Å². The molecule has 2 aromatic carbocycles. The van der Waals surface area contributed by atoms with Crippen molar-refractivity contribution >= 4 is 57.7 Å². The second-order valence-corrected chi connectivity index (χ2v) is 8.40. The van der Waals surface area contributed by atoms with Crippen molar-refractivity contribution in [2.45, 2.75) is 19.9 Å². The SMILES string of the molecule is CCOC(=O)C1=C(C)NC(SCC(=O)Nc2ccccc2Cl)=N[C@H]1c1ccc(Cl)cc1. The van der Waals surface area contributed by atoms with E-state index < -0.39 is 12.0 Å². The molecular formula is C22H21Cl2N3O3S. The van der Waals surface area contributed by atoms with Gasteiger partial charge in [-0.1, -0.05) is 59.2 Å². The number of rotatable bonds is 6. The van der Waals surface area contributed by atoms with Gasteiger partial charge >= 0.3 is 5.97 Å². The molecule has 31 heavy (non-hydrogen) atoms. The maximum absolute atomic E-state index is 12.6. The van der Waals surface area contributed by atoms with Gasteiger partial charge in [-0.25, -0.2) is 9.79 Å². The van der Waals surface area contributed by atoms with Gasteiger partial charge in [-0.2, -0.15) is 0 Å². The van der Waals surface area contributed by atoms with Gasteiger partial charge in [0.25, 0.3) is 0 Å². The monoisotopic (exact) mass is 477 g/mol. The van der Waals surface area contributed by atoms with Crippen LogP contribution in [-0.2, 0) is 14.3 Å². The van der Waals surface area contributed by atoms with Gasteiger partial charge < -0.3 is 15.4 Å². The highest BCUT2D eigenvalue weighted by atomic mass is 35.5. The van der Waals surface area contributed by atoms with Gasteiger partial charge in [-0.15, -0.1) is 0 Å². The van der Waals surface area contributed by atoms with Crippen molar-refractivity contribution < 1.29 is 14.3 Å². The fraction of sp³-hybridized carbons (Fsp3) is 0.227. The molecule has 1 heterocycles. The van der Waals surface area contributed by atoms with Crippen LogP contribution in [0.4, 0.5) is 5.69 Å². The number of anilines is 1. The van der Waals surface area contributed by atoms with Gasteiger partial charge in [-0.3, -0.25) is 4.79 Å². The van der Waals surface area contributed by atoms with Gasteiger partial charge in [0.1, 0.15) is 6.04 Å². The molecule has 0 saturated carbocycles. The number of ether oxygens (including phenoxy) is 1. The summed E-state index contributed by atoms with van der Waals surface area (Å²) in [5.41, 5.74) is 2.40. The number of allylic oxidation sites excluding steroid dienone is 1. The Morgan fingerprint density at radius 1 is 1.16 bits per heavy atom. The number of nitrogens with one attached hydrogen (secondary N) is 2. The third-order valence-electron chi connectivity index (χ3n) is 4.39. The number of amidine groups is 1. The zero-order valence-electron chi connectivity index (χ0n) is 16.9. The Bertz CT molecular complexity index is 1040. The van der Waals surface area contributed by atoms with Crippen LogP contribution in [0.25, 0.3) is 0 Å². The Morgan fingerprint density at radius 2 is 1.87 bits per heavy atom. The molecule has 1 aliphatic heterocycles. The van der Waals surface area contributed by atoms with E-state index >= 15 is 0 Å². The Balaban J connectivity index is 1.77. The number of benzene rings is 2. The number of para-hydroxylation sites is 1. The third kappa shape index (κ3) is 6.03. The van der Waals surface area contributed by atoms with Crippen LogP contribution in [0.2, 0.25) is 10.0 Å². The number of nitrogens with zero attached hydrogens (tertiary/aromatic N) is 1. The average Bonchev–Trinajstić information content (AvgIpc) is 2.74. The molecule has 6 nitrogen and oxygen atoms in total. The van der Waals surface area contributed by atoms with Crippen LogP contribution in [0.1, 0.15) is 25.5 Å². The number of esters is 1. The predicted octanol–water partition coefficient (Wildman–Crippen LogP) is 5.20. The van der Waals surface area contributed by atoms with Crippen LogP contribution in [-0.4, -0.2) is 29.4 Å². The number of halogens is 2. The van der Waals surface area contributed by atoms with Crippen LogP contribution in [0.5, 0.6) is 0 Å². The first-order valence-corrected chi connectivity index (χ1v) is 11.3. The first-order chi connectivity index (χ1) is 14.9. The van der Waals surface area contributed by atoms with E-state index in [4.69, 9.17) is 27.9 Å². The number of carbonyl (C=O) groups is 2. The summed E-state index contributed by atoms with van der Waals surface area (Å²) in [6.07, 6.45) is 0. The second-order valence-electron chi connectivity index (χ2n) is 6.59. The van der Waals surface area contributed by atoms with Crippen molar-refractivity contribution in [1.82, 2.24) is 5.32 Å². The number of amides is 1. The molecule has 1 aliphatic rings. The third-order valence-corrected chi connectivity index (χ3v) is 5.86. The summed E-state index contributed by atoms with van der Waals surface area (Å²) in [4.78, 5) is 29.6. The van der Waals surface area contributed by atoms with E-state index in [0.29, 0.717) is 32.2 Å². The van der Waals surface area contributed by atoms with Crippen LogP contribution in [0.15, 0.2) is 64.8 Å².